The summed E-state index contributed by atoms with van der Waals surface area (Å²) < 4.78 is 19.6. The highest BCUT2D eigenvalue weighted by Gasteiger charge is 2.36. The largest absolute Gasteiger partial charge is 0.488 e. The molecule has 0 atom stereocenters. The molecule has 1 aliphatic rings. The first-order valence-electron chi connectivity index (χ1n) is 10.3. The normalized spacial score (nSPS) is 14.4. The number of non-ortho nitro benzene ring substituents is 1. The van der Waals surface area contributed by atoms with Gasteiger partial charge in [-0.05, 0) is 42.1 Å². The third-order valence-electron chi connectivity index (χ3n) is 5.12. The average molecular weight is 492 g/mol. The van der Waals surface area contributed by atoms with Crippen molar-refractivity contribution in [1.29, 1.82) is 0 Å². The molecule has 1 aliphatic heterocycles. The second-order valence-electron chi connectivity index (χ2n) is 7.41. The monoisotopic (exact) mass is 492 g/mol. The lowest BCUT2D eigenvalue weighted by Gasteiger charge is -2.12. The lowest BCUT2D eigenvalue weighted by Crippen LogP contribution is -2.33. The van der Waals surface area contributed by atoms with Crippen LogP contribution in [0.2, 0.25) is 0 Å². The lowest BCUT2D eigenvalue weighted by molar-refractivity contribution is -0.384. The van der Waals surface area contributed by atoms with Crippen LogP contribution < -0.4 is 4.74 Å². The van der Waals surface area contributed by atoms with Crippen molar-refractivity contribution in [2.24, 2.45) is 0 Å². The SMILES string of the molecule is O=C(CN1C(=O)S/C(=C/c2ccccc2OCc2ccccc2F)C1=O)c1ccc([N+](=O)[O-])cc1. The molecular formula is C25H17FN2O6S. The van der Waals surface area contributed by atoms with Crippen LogP contribution in [0, 0.1) is 15.9 Å². The van der Waals surface area contributed by atoms with Gasteiger partial charge in [0.15, 0.2) is 5.78 Å². The van der Waals surface area contributed by atoms with Gasteiger partial charge in [0.2, 0.25) is 0 Å². The summed E-state index contributed by atoms with van der Waals surface area (Å²) in [5.41, 5.74) is 0.848. The van der Waals surface area contributed by atoms with E-state index in [-0.39, 0.29) is 22.8 Å². The number of nitrogens with zero attached hydrogens (tertiary/aromatic N) is 2. The number of benzene rings is 3. The van der Waals surface area contributed by atoms with Gasteiger partial charge in [0.05, 0.1) is 16.4 Å². The van der Waals surface area contributed by atoms with Gasteiger partial charge >= 0.3 is 0 Å². The van der Waals surface area contributed by atoms with E-state index in [9.17, 15) is 28.9 Å². The number of nitro groups is 1. The molecule has 8 nitrogen and oxygen atoms in total. The second-order valence-corrected chi connectivity index (χ2v) is 8.41. The zero-order valence-corrected chi connectivity index (χ0v) is 18.9. The summed E-state index contributed by atoms with van der Waals surface area (Å²) in [6, 6.07) is 17.9. The predicted octanol–water partition coefficient (Wildman–Crippen LogP) is 5.23. The standard InChI is InChI=1S/C25H17FN2O6S/c26-20-7-3-1-6-18(20)15-34-22-8-4-2-5-17(22)13-23-24(30)27(25(31)35-23)14-21(29)16-9-11-19(12-10-16)28(32)33/h1-13H,14-15H2/b23-13+. The maximum Gasteiger partial charge on any atom is 0.293 e. The van der Waals surface area contributed by atoms with Gasteiger partial charge in [-0.3, -0.25) is 29.4 Å². The van der Waals surface area contributed by atoms with Crippen molar-refractivity contribution >= 4 is 40.5 Å². The van der Waals surface area contributed by atoms with Crippen molar-refractivity contribution in [2.75, 3.05) is 6.54 Å². The topological polar surface area (TPSA) is 107 Å². The van der Waals surface area contributed by atoms with Crippen molar-refractivity contribution < 1.29 is 28.4 Å². The van der Waals surface area contributed by atoms with Crippen molar-refractivity contribution in [2.45, 2.75) is 6.61 Å². The molecule has 0 N–H and O–H groups in total. The molecule has 3 aromatic rings. The van der Waals surface area contributed by atoms with Crippen LogP contribution in [0.15, 0.2) is 77.7 Å². The van der Waals surface area contributed by atoms with E-state index in [1.807, 2.05) is 0 Å². The van der Waals surface area contributed by atoms with Crippen molar-refractivity contribution in [3.8, 4) is 5.75 Å². The number of ketones is 1. The molecule has 4 rings (SSSR count). The molecule has 0 aliphatic carbocycles. The molecule has 0 bridgehead atoms. The lowest BCUT2D eigenvalue weighted by atomic mass is 10.1. The Morgan fingerprint density at radius 1 is 1.03 bits per heavy atom. The molecule has 35 heavy (non-hydrogen) atoms. The Kier molecular flexibility index (Phi) is 7.02. The van der Waals surface area contributed by atoms with Crippen LogP contribution in [0.5, 0.6) is 5.75 Å². The van der Waals surface area contributed by atoms with Crippen LogP contribution in [0.25, 0.3) is 6.08 Å². The minimum absolute atomic E-state index is 0.0251. The van der Waals surface area contributed by atoms with Crippen LogP contribution in [0.3, 0.4) is 0 Å². The summed E-state index contributed by atoms with van der Waals surface area (Å²) in [7, 11) is 0. The summed E-state index contributed by atoms with van der Waals surface area (Å²) >= 11 is 0.687. The number of imide groups is 1. The molecular weight excluding hydrogens is 475 g/mol. The highest BCUT2D eigenvalue weighted by Crippen LogP contribution is 2.34. The Hall–Kier alpha value is -4.31. The number of carbonyl (C=O) groups excluding carboxylic acids is 3. The van der Waals surface area contributed by atoms with Gasteiger partial charge in [0.25, 0.3) is 16.8 Å². The second kappa shape index (κ2) is 10.3. The van der Waals surface area contributed by atoms with E-state index in [0.717, 1.165) is 4.90 Å². The molecule has 0 radical (unpaired) electrons. The van der Waals surface area contributed by atoms with Gasteiger partial charge in [-0.25, -0.2) is 4.39 Å². The van der Waals surface area contributed by atoms with Crippen LogP contribution >= 0.6 is 11.8 Å². The van der Waals surface area contributed by atoms with Gasteiger partial charge in [0, 0.05) is 28.8 Å². The number of ether oxygens (including phenoxy) is 1. The fraction of sp³-hybridized carbons (Fsp3) is 0.0800. The maximum atomic E-state index is 13.9. The Bertz CT molecular complexity index is 1360. The molecule has 1 heterocycles. The molecule has 1 fully saturated rings. The summed E-state index contributed by atoms with van der Waals surface area (Å²) in [4.78, 5) is 48.9. The van der Waals surface area contributed by atoms with Crippen molar-refractivity contribution in [1.82, 2.24) is 4.90 Å². The molecule has 3 aromatic carbocycles. The van der Waals surface area contributed by atoms with Gasteiger partial charge < -0.3 is 4.74 Å². The Labute approximate surface area is 203 Å². The number of thioether (sulfide) groups is 1. The van der Waals surface area contributed by atoms with E-state index in [1.165, 1.54) is 36.4 Å². The van der Waals surface area contributed by atoms with Crippen LogP contribution in [0.4, 0.5) is 14.9 Å². The molecule has 1 saturated heterocycles. The highest BCUT2D eigenvalue weighted by atomic mass is 32.2. The first-order chi connectivity index (χ1) is 16.8. The fourth-order valence-corrected chi connectivity index (χ4v) is 4.11. The molecule has 0 aromatic heterocycles. The highest BCUT2D eigenvalue weighted by molar-refractivity contribution is 8.18. The number of hydrogen-bond donors (Lipinski definition) is 0. The van der Waals surface area contributed by atoms with E-state index in [1.54, 1.807) is 42.5 Å². The molecule has 10 heteroatoms. The molecule has 176 valence electrons. The molecule has 2 amide bonds. The average Bonchev–Trinajstić information content (AvgIpc) is 3.11. The quantitative estimate of drug-likeness (QED) is 0.183. The van der Waals surface area contributed by atoms with E-state index >= 15 is 0 Å². The Morgan fingerprint density at radius 2 is 1.71 bits per heavy atom. The van der Waals surface area contributed by atoms with Crippen molar-refractivity contribution in [3.05, 3.63) is 110 Å². The first-order valence-corrected chi connectivity index (χ1v) is 11.1. The number of carbonyl (C=O) groups is 3. The van der Waals surface area contributed by atoms with Gasteiger partial charge in [0.1, 0.15) is 18.2 Å². The van der Waals surface area contributed by atoms with Gasteiger partial charge in [-0.1, -0.05) is 36.4 Å². The van der Waals surface area contributed by atoms with E-state index < -0.39 is 34.2 Å². The summed E-state index contributed by atoms with van der Waals surface area (Å²) in [5, 5.41) is 10.2. The van der Waals surface area contributed by atoms with Crippen LogP contribution in [0.1, 0.15) is 21.5 Å². The summed E-state index contributed by atoms with van der Waals surface area (Å²) in [5.74, 6) is -1.18. The number of Topliss-reactive ketones (excluding diaryl/α,β-unsaturated/α-hetero) is 1. The van der Waals surface area contributed by atoms with E-state index in [2.05, 4.69) is 0 Å². The number of halogens is 1. The van der Waals surface area contributed by atoms with Crippen LogP contribution in [-0.4, -0.2) is 33.3 Å². The first kappa shape index (κ1) is 23.8. The maximum absolute atomic E-state index is 13.9. The smallest absolute Gasteiger partial charge is 0.293 e. The minimum Gasteiger partial charge on any atom is -0.488 e. The zero-order valence-electron chi connectivity index (χ0n) is 18.0. The van der Waals surface area contributed by atoms with E-state index in [4.69, 9.17) is 4.74 Å². The fourth-order valence-electron chi connectivity index (χ4n) is 3.28. The van der Waals surface area contributed by atoms with Gasteiger partial charge in [-0.15, -0.1) is 0 Å². The third-order valence-corrected chi connectivity index (χ3v) is 6.03. The minimum atomic E-state index is -0.640. The third kappa shape index (κ3) is 5.44. The number of nitro benzene ring substituents is 1. The Morgan fingerprint density at radius 3 is 2.43 bits per heavy atom. The summed E-state index contributed by atoms with van der Waals surface area (Å²) in [6.07, 6.45) is 1.48. The number of amides is 2. The van der Waals surface area contributed by atoms with Crippen molar-refractivity contribution in [3.63, 3.8) is 0 Å². The molecule has 0 saturated carbocycles. The zero-order chi connectivity index (χ0) is 24.9. The Balaban J connectivity index is 1.48. The predicted molar refractivity (Wildman–Crippen MR) is 127 cm³/mol. The summed E-state index contributed by atoms with van der Waals surface area (Å²) in [6.45, 7) is -0.520. The molecule has 0 spiro atoms. The van der Waals surface area contributed by atoms with Crippen LogP contribution in [-0.2, 0) is 11.4 Å². The van der Waals surface area contributed by atoms with E-state index in [0.29, 0.717) is 28.6 Å². The number of rotatable bonds is 8. The number of hydrogen-bond acceptors (Lipinski definition) is 7. The number of para-hydroxylation sites is 1. The molecule has 0 unspecified atom stereocenters. The van der Waals surface area contributed by atoms with Gasteiger partial charge in [-0.2, -0.15) is 0 Å².